The first-order valence-corrected chi connectivity index (χ1v) is 10.8. The fraction of sp³-hybridized carbons (Fsp3) is 0.667. The number of carbonyl (C=O) groups is 1. The Bertz CT molecular complexity index is 694. The molecule has 0 spiro atoms. The van der Waals surface area contributed by atoms with Crippen molar-refractivity contribution in [3.05, 3.63) is 23.2 Å². The molecule has 0 saturated carbocycles. The summed E-state index contributed by atoms with van der Waals surface area (Å²) in [6.07, 6.45) is 4.23. The van der Waals surface area contributed by atoms with Crippen LogP contribution in [-0.4, -0.2) is 73.9 Å². The van der Waals surface area contributed by atoms with E-state index in [0.717, 1.165) is 68.3 Å². The smallest absolute Gasteiger partial charge is 0.410 e. The van der Waals surface area contributed by atoms with Crippen LogP contribution >= 0.6 is 11.6 Å². The summed E-state index contributed by atoms with van der Waals surface area (Å²) in [7, 11) is 1.70. The summed E-state index contributed by atoms with van der Waals surface area (Å²) in [5, 5.41) is 0.737. The number of methoxy groups -OCH3 is 1. The van der Waals surface area contributed by atoms with Crippen LogP contribution in [0.4, 0.5) is 10.5 Å². The molecule has 6 nitrogen and oxygen atoms in total. The second-order valence-corrected chi connectivity index (χ2v) is 8.39. The Kier molecular flexibility index (Phi) is 5.88. The van der Waals surface area contributed by atoms with Crippen LogP contribution in [0.1, 0.15) is 32.6 Å². The highest BCUT2D eigenvalue weighted by atomic mass is 35.5. The maximum atomic E-state index is 12.3. The van der Waals surface area contributed by atoms with Gasteiger partial charge >= 0.3 is 6.09 Å². The molecule has 3 fully saturated rings. The molecule has 3 aliphatic rings. The minimum absolute atomic E-state index is 0.119. The number of hydrogen-bond donors (Lipinski definition) is 0. The molecule has 3 heterocycles. The molecule has 0 aromatic heterocycles. The summed E-state index contributed by atoms with van der Waals surface area (Å²) in [5.41, 5.74) is 1.08. The predicted molar refractivity (Wildman–Crippen MR) is 110 cm³/mol. The zero-order valence-electron chi connectivity index (χ0n) is 16.8. The van der Waals surface area contributed by atoms with Crippen LogP contribution in [-0.2, 0) is 4.74 Å². The largest absolute Gasteiger partial charge is 0.495 e. The van der Waals surface area contributed by atoms with Crippen molar-refractivity contribution < 1.29 is 14.3 Å². The second-order valence-electron chi connectivity index (χ2n) is 7.96. The van der Waals surface area contributed by atoms with Crippen molar-refractivity contribution in [1.82, 2.24) is 9.80 Å². The molecule has 1 aromatic rings. The topological polar surface area (TPSA) is 45.2 Å². The van der Waals surface area contributed by atoms with E-state index in [2.05, 4.69) is 9.80 Å². The molecule has 7 heteroatoms. The van der Waals surface area contributed by atoms with Crippen LogP contribution in [0.3, 0.4) is 0 Å². The lowest BCUT2D eigenvalue weighted by Crippen LogP contribution is -2.56. The molecule has 3 saturated heterocycles. The van der Waals surface area contributed by atoms with Gasteiger partial charge in [-0.3, -0.25) is 4.90 Å². The highest BCUT2D eigenvalue weighted by molar-refractivity contribution is 6.30. The van der Waals surface area contributed by atoms with Gasteiger partial charge in [0.15, 0.2) is 0 Å². The number of piperazine rings is 1. The molecule has 0 N–H and O–H groups in total. The van der Waals surface area contributed by atoms with Crippen molar-refractivity contribution in [3.8, 4) is 5.75 Å². The summed E-state index contributed by atoms with van der Waals surface area (Å²) in [6.45, 7) is 6.31. The van der Waals surface area contributed by atoms with Crippen molar-refractivity contribution in [2.24, 2.45) is 0 Å². The van der Waals surface area contributed by atoms with E-state index in [0.29, 0.717) is 24.7 Å². The third kappa shape index (κ3) is 3.77. The average Bonchev–Trinajstić information content (AvgIpc) is 2.98. The first kappa shape index (κ1) is 19.6. The molecule has 2 atom stereocenters. The standard InChI is InChI=1S/C21H30ClN3O3/c1-3-28-21(26)25-16-5-6-17(25)14-18(13-16)23-8-10-24(11-9-23)19-12-15(22)4-7-20(19)27-2/h4,7,12,16-18H,3,5-6,8-11,13-14H2,1-2H3. The molecule has 4 rings (SSSR count). The third-order valence-electron chi connectivity index (χ3n) is 6.50. The lowest BCUT2D eigenvalue weighted by molar-refractivity contribution is 0.0396. The molecule has 1 aromatic carbocycles. The molecule has 1 amide bonds. The number of anilines is 1. The van der Waals surface area contributed by atoms with Gasteiger partial charge in [0.25, 0.3) is 0 Å². The van der Waals surface area contributed by atoms with Crippen molar-refractivity contribution in [2.75, 3.05) is 44.8 Å². The lowest BCUT2D eigenvalue weighted by atomic mass is 9.95. The van der Waals surface area contributed by atoms with Crippen molar-refractivity contribution in [2.45, 2.75) is 50.7 Å². The molecule has 0 aliphatic carbocycles. The predicted octanol–water partition coefficient (Wildman–Crippen LogP) is 3.62. The minimum atomic E-state index is -0.119. The third-order valence-corrected chi connectivity index (χ3v) is 6.73. The number of hydrogen-bond acceptors (Lipinski definition) is 5. The maximum absolute atomic E-state index is 12.3. The fourth-order valence-corrected chi connectivity index (χ4v) is 5.35. The highest BCUT2D eigenvalue weighted by Crippen LogP contribution is 2.39. The number of amides is 1. The van der Waals surface area contributed by atoms with E-state index in [1.54, 1.807) is 7.11 Å². The minimum Gasteiger partial charge on any atom is -0.495 e. The van der Waals surface area contributed by atoms with Gasteiger partial charge in [0, 0.05) is 49.3 Å². The summed E-state index contributed by atoms with van der Waals surface area (Å²) < 4.78 is 10.8. The van der Waals surface area contributed by atoms with Gasteiger partial charge in [0.05, 0.1) is 19.4 Å². The van der Waals surface area contributed by atoms with Crippen LogP contribution in [0.2, 0.25) is 5.02 Å². The van der Waals surface area contributed by atoms with Crippen LogP contribution in [0.25, 0.3) is 0 Å². The van der Waals surface area contributed by atoms with Gasteiger partial charge in [0.1, 0.15) is 5.75 Å². The number of piperidine rings is 1. The summed E-state index contributed by atoms with van der Waals surface area (Å²) in [6, 6.07) is 7.04. The van der Waals surface area contributed by atoms with Crippen LogP contribution in [0.15, 0.2) is 18.2 Å². The van der Waals surface area contributed by atoms with Crippen LogP contribution in [0, 0.1) is 0 Å². The Balaban J connectivity index is 1.37. The van der Waals surface area contributed by atoms with Crippen molar-refractivity contribution in [1.29, 1.82) is 0 Å². The Labute approximate surface area is 172 Å². The number of rotatable bonds is 4. The quantitative estimate of drug-likeness (QED) is 0.762. The SMILES string of the molecule is CCOC(=O)N1C2CCC1CC(N1CCN(c3cc(Cl)ccc3OC)CC1)C2. The van der Waals surface area contributed by atoms with Gasteiger partial charge in [-0.25, -0.2) is 4.79 Å². The van der Waals surface area contributed by atoms with E-state index < -0.39 is 0 Å². The van der Waals surface area contributed by atoms with Crippen LogP contribution in [0.5, 0.6) is 5.75 Å². The summed E-state index contributed by atoms with van der Waals surface area (Å²) in [5.74, 6) is 0.874. The van der Waals surface area contributed by atoms with Gasteiger partial charge in [0.2, 0.25) is 0 Å². The van der Waals surface area contributed by atoms with Gasteiger partial charge in [-0.2, -0.15) is 0 Å². The van der Waals surface area contributed by atoms with Crippen LogP contribution < -0.4 is 9.64 Å². The number of halogens is 1. The normalized spacial score (nSPS) is 27.8. The number of carbonyl (C=O) groups excluding carboxylic acids is 1. The molecule has 0 radical (unpaired) electrons. The Morgan fingerprint density at radius 2 is 1.79 bits per heavy atom. The average molecular weight is 408 g/mol. The Morgan fingerprint density at radius 1 is 1.11 bits per heavy atom. The fourth-order valence-electron chi connectivity index (χ4n) is 5.18. The molecule has 154 valence electrons. The highest BCUT2D eigenvalue weighted by Gasteiger charge is 2.45. The lowest BCUT2D eigenvalue weighted by Gasteiger charge is -2.46. The first-order valence-electron chi connectivity index (χ1n) is 10.4. The Hall–Kier alpha value is -1.66. The van der Waals surface area contributed by atoms with Gasteiger partial charge in [-0.15, -0.1) is 0 Å². The van der Waals surface area contributed by atoms with Crippen molar-refractivity contribution >= 4 is 23.4 Å². The summed E-state index contributed by atoms with van der Waals surface area (Å²) in [4.78, 5) is 19.3. The zero-order valence-corrected chi connectivity index (χ0v) is 17.5. The van der Waals surface area contributed by atoms with E-state index in [4.69, 9.17) is 21.1 Å². The second kappa shape index (κ2) is 8.37. The molecular weight excluding hydrogens is 378 g/mol. The van der Waals surface area contributed by atoms with Gasteiger partial charge < -0.3 is 19.3 Å². The number of fused-ring (bicyclic) bond motifs is 2. The number of ether oxygens (including phenoxy) is 2. The van der Waals surface area contributed by atoms with E-state index in [1.807, 2.05) is 30.0 Å². The molecule has 2 unspecified atom stereocenters. The molecule has 2 bridgehead atoms. The number of benzene rings is 1. The first-order chi connectivity index (χ1) is 13.6. The molecule has 28 heavy (non-hydrogen) atoms. The maximum Gasteiger partial charge on any atom is 0.410 e. The van der Waals surface area contributed by atoms with Crippen molar-refractivity contribution in [3.63, 3.8) is 0 Å². The van der Waals surface area contributed by atoms with E-state index in [9.17, 15) is 4.79 Å². The van der Waals surface area contributed by atoms with Gasteiger partial charge in [-0.1, -0.05) is 11.6 Å². The van der Waals surface area contributed by atoms with E-state index in [1.165, 1.54) is 0 Å². The monoisotopic (exact) mass is 407 g/mol. The van der Waals surface area contributed by atoms with E-state index in [-0.39, 0.29) is 6.09 Å². The zero-order chi connectivity index (χ0) is 19.7. The molecule has 3 aliphatic heterocycles. The number of nitrogens with zero attached hydrogens (tertiary/aromatic N) is 3. The summed E-state index contributed by atoms with van der Waals surface area (Å²) >= 11 is 6.21. The van der Waals surface area contributed by atoms with Gasteiger partial charge in [-0.05, 0) is 50.8 Å². The molecular formula is C21H30ClN3O3. The van der Waals surface area contributed by atoms with E-state index >= 15 is 0 Å². The Morgan fingerprint density at radius 3 is 2.39 bits per heavy atom.